The van der Waals surface area contributed by atoms with Crippen LogP contribution < -0.4 is 5.32 Å². The van der Waals surface area contributed by atoms with Crippen molar-refractivity contribution in [1.82, 2.24) is 15.1 Å². The summed E-state index contributed by atoms with van der Waals surface area (Å²) in [4.78, 5) is 33.6. The quantitative estimate of drug-likeness (QED) is 0.0178. The molecule has 0 bridgehead atoms. The molecule has 0 aliphatic rings. The molecule has 1 N–H and O–H groups in total. The summed E-state index contributed by atoms with van der Waals surface area (Å²) in [5.41, 5.74) is 0. The average molecular weight is 692 g/mol. The Kier molecular flexibility index (Phi) is 33.8. The molecule has 0 aromatic carbocycles. The normalized spacial score (nSPS) is 12.1. The van der Waals surface area contributed by atoms with E-state index in [0.717, 1.165) is 110 Å². The number of nitrogens with zero attached hydrogens (tertiary/aromatic N) is 4. The predicted octanol–water partition coefficient (Wildman–Crippen LogP) is 9.40. The van der Waals surface area contributed by atoms with Gasteiger partial charge < -0.3 is 19.3 Å². The van der Waals surface area contributed by atoms with Gasteiger partial charge in [0.15, 0.2) is 6.19 Å². The molecule has 49 heavy (non-hydrogen) atoms. The lowest BCUT2D eigenvalue weighted by Gasteiger charge is -2.22. The number of hydrogen-bond donors (Lipinski definition) is 1. The van der Waals surface area contributed by atoms with Crippen molar-refractivity contribution < 1.29 is 19.1 Å². The zero-order valence-corrected chi connectivity index (χ0v) is 32.7. The molecule has 0 heterocycles. The Morgan fingerprint density at radius 1 is 0.653 bits per heavy atom. The third kappa shape index (κ3) is 30.2. The lowest BCUT2D eigenvalue weighted by molar-refractivity contribution is -0.149. The molecule has 0 aromatic rings. The third-order valence-corrected chi connectivity index (χ3v) is 9.11. The molecule has 0 saturated heterocycles. The van der Waals surface area contributed by atoms with E-state index in [1.807, 2.05) is 25.2 Å². The highest BCUT2D eigenvalue weighted by Crippen LogP contribution is 2.19. The van der Waals surface area contributed by atoms with Crippen LogP contribution in [0, 0.1) is 17.4 Å². The SMILES string of the molecule is CCCCCCCOC(=O)CCCCCCCN(CCCCCCCOC(=O)C(CCCC)CCCCC)CCCN=C(NC#N)N(C)C. The third-order valence-electron chi connectivity index (χ3n) is 9.11. The fourth-order valence-electron chi connectivity index (χ4n) is 5.99. The standard InChI is InChI=1S/C40H77N5O4/c1-6-9-12-18-24-34-48-38(46)29-21-15-13-16-22-31-45(33-26-30-42-40(43-36-41)44(4)5)32-23-17-14-19-25-35-49-39(47)37(27-11-8-3)28-20-10-7-2/h37H,6-35H2,1-5H3,(H,42,43). The van der Waals surface area contributed by atoms with Gasteiger partial charge in [-0.1, -0.05) is 117 Å². The number of rotatable bonds is 34. The van der Waals surface area contributed by atoms with Gasteiger partial charge in [-0.05, 0) is 71.0 Å². The van der Waals surface area contributed by atoms with Gasteiger partial charge in [0.25, 0.3) is 0 Å². The van der Waals surface area contributed by atoms with Crippen molar-refractivity contribution in [2.45, 2.75) is 175 Å². The minimum absolute atomic E-state index is 0.0247. The van der Waals surface area contributed by atoms with E-state index in [4.69, 9.17) is 14.7 Å². The van der Waals surface area contributed by atoms with Crippen molar-refractivity contribution in [3.63, 3.8) is 0 Å². The number of guanidine groups is 1. The van der Waals surface area contributed by atoms with Crippen LogP contribution in [0.4, 0.5) is 0 Å². The van der Waals surface area contributed by atoms with E-state index in [1.165, 1.54) is 57.8 Å². The van der Waals surface area contributed by atoms with Gasteiger partial charge in [0.2, 0.25) is 5.96 Å². The Balaban J connectivity index is 4.39. The van der Waals surface area contributed by atoms with Gasteiger partial charge in [0.05, 0.1) is 19.1 Å². The van der Waals surface area contributed by atoms with Crippen LogP contribution in [0.2, 0.25) is 0 Å². The molecular weight excluding hydrogens is 614 g/mol. The Labute approximate surface area is 302 Å². The van der Waals surface area contributed by atoms with Crippen molar-refractivity contribution in [2.24, 2.45) is 10.9 Å². The number of hydrogen-bond acceptors (Lipinski definition) is 7. The van der Waals surface area contributed by atoms with Crippen molar-refractivity contribution in [3.05, 3.63) is 0 Å². The molecule has 0 saturated carbocycles. The predicted molar refractivity (Wildman–Crippen MR) is 204 cm³/mol. The minimum atomic E-state index is -0.0402. The van der Waals surface area contributed by atoms with Crippen LogP contribution in [0.1, 0.15) is 175 Å². The first-order valence-corrected chi connectivity index (χ1v) is 20.3. The molecule has 1 atom stereocenters. The minimum Gasteiger partial charge on any atom is -0.466 e. The first kappa shape index (κ1) is 46.7. The van der Waals surface area contributed by atoms with Crippen LogP contribution in [0.25, 0.3) is 0 Å². The maximum Gasteiger partial charge on any atom is 0.308 e. The molecule has 0 radical (unpaired) electrons. The summed E-state index contributed by atoms with van der Waals surface area (Å²) in [6.07, 6.45) is 28.0. The summed E-state index contributed by atoms with van der Waals surface area (Å²) in [7, 11) is 3.77. The van der Waals surface area contributed by atoms with E-state index in [-0.39, 0.29) is 17.9 Å². The average Bonchev–Trinajstić information content (AvgIpc) is 3.09. The fourth-order valence-corrected chi connectivity index (χ4v) is 5.99. The van der Waals surface area contributed by atoms with Crippen molar-refractivity contribution in [3.8, 4) is 6.19 Å². The van der Waals surface area contributed by atoms with Gasteiger partial charge >= 0.3 is 11.9 Å². The number of ether oxygens (including phenoxy) is 2. The zero-order chi connectivity index (χ0) is 36.2. The Bertz CT molecular complexity index is 845. The number of carbonyl (C=O) groups excluding carboxylic acids is 2. The topological polar surface area (TPSA) is 107 Å². The zero-order valence-electron chi connectivity index (χ0n) is 32.7. The lowest BCUT2D eigenvalue weighted by Crippen LogP contribution is -2.34. The van der Waals surface area contributed by atoms with Gasteiger partial charge in [-0.2, -0.15) is 5.26 Å². The smallest absolute Gasteiger partial charge is 0.308 e. The molecule has 0 fully saturated rings. The number of esters is 2. The van der Waals surface area contributed by atoms with Gasteiger partial charge in [-0.15, -0.1) is 0 Å². The summed E-state index contributed by atoms with van der Waals surface area (Å²) < 4.78 is 11.1. The highest BCUT2D eigenvalue weighted by atomic mass is 16.5. The second-order valence-electron chi connectivity index (χ2n) is 14.0. The van der Waals surface area contributed by atoms with Crippen LogP contribution in [0.15, 0.2) is 4.99 Å². The number of nitriles is 1. The van der Waals surface area contributed by atoms with E-state index in [9.17, 15) is 9.59 Å². The van der Waals surface area contributed by atoms with Crippen molar-refractivity contribution in [2.75, 3.05) is 53.5 Å². The van der Waals surface area contributed by atoms with Crippen LogP contribution in [0.5, 0.6) is 0 Å². The van der Waals surface area contributed by atoms with Gasteiger partial charge in [-0.3, -0.25) is 19.9 Å². The van der Waals surface area contributed by atoms with Crippen LogP contribution in [-0.2, 0) is 19.1 Å². The van der Waals surface area contributed by atoms with E-state index in [0.29, 0.717) is 32.1 Å². The Morgan fingerprint density at radius 3 is 1.78 bits per heavy atom. The second-order valence-corrected chi connectivity index (χ2v) is 14.0. The Morgan fingerprint density at radius 2 is 1.16 bits per heavy atom. The number of aliphatic imine (C=N–C) groups is 1. The van der Waals surface area contributed by atoms with Crippen molar-refractivity contribution >= 4 is 17.9 Å². The van der Waals surface area contributed by atoms with Gasteiger partial charge in [0, 0.05) is 27.1 Å². The molecule has 0 rings (SSSR count). The largest absolute Gasteiger partial charge is 0.466 e. The summed E-state index contributed by atoms with van der Waals surface area (Å²) >= 11 is 0. The number of nitrogens with one attached hydrogen (secondary N) is 1. The summed E-state index contributed by atoms with van der Waals surface area (Å²) in [6, 6.07) is 0. The first-order chi connectivity index (χ1) is 23.9. The van der Waals surface area contributed by atoms with E-state index in [2.05, 4.69) is 36.0 Å². The molecule has 9 nitrogen and oxygen atoms in total. The summed E-state index contributed by atoms with van der Waals surface area (Å²) in [6.45, 7) is 11.6. The maximum atomic E-state index is 12.6. The van der Waals surface area contributed by atoms with Crippen LogP contribution in [-0.4, -0.2) is 81.2 Å². The highest BCUT2D eigenvalue weighted by Gasteiger charge is 2.19. The molecule has 0 amide bonds. The lowest BCUT2D eigenvalue weighted by atomic mass is 9.95. The van der Waals surface area contributed by atoms with Gasteiger partial charge in [0.1, 0.15) is 0 Å². The molecular formula is C40H77N5O4. The summed E-state index contributed by atoms with van der Waals surface area (Å²) in [5, 5.41) is 11.6. The molecule has 0 aliphatic heterocycles. The molecule has 1 unspecified atom stereocenters. The Hall–Kier alpha value is -2.34. The van der Waals surface area contributed by atoms with Crippen LogP contribution in [0.3, 0.4) is 0 Å². The fraction of sp³-hybridized carbons (Fsp3) is 0.900. The molecule has 286 valence electrons. The molecule has 9 heteroatoms. The second kappa shape index (κ2) is 35.5. The summed E-state index contributed by atoms with van der Waals surface area (Å²) in [5.74, 6) is 0.667. The van der Waals surface area contributed by atoms with Gasteiger partial charge in [-0.25, -0.2) is 0 Å². The highest BCUT2D eigenvalue weighted by molar-refractivity contribution is 5.80. The molecule has 0 spiro atoms. The maximum absolute atomic E-state index is 12.6. The first-order valence-electron chi connectivity index (χ1n) is 20.3. The number of unbranched alkanes of at least 4 members (excludes halogenated alkanes) is 15. The van der Waals surface area contributed by atoms with Crippen molar-refractivity contribution in [1.29, 1.82) is 5.26 Å². The molecule has 0 aromatic heterocycles. The van der Waals surface area contributed by atoms with Crippen LogP contribution >= 0.6 is 0 Å². The van der Waals surface area contributed by atoms with E-state index >= 15 is 0 Å². The monoisotopic (exact) mass is 692 g/mol. The van der Waals surface area contributed by atoms with E-state index in [1.54, 1.807) is 0 Å². The molecule has 0 aliphatic carbocycles. The number of carbonyl (C=O) groups is 2. The van der Waals surface area contributed by atoms with E-state index < -0.39 is 0 Å².